The summed E-state index contributed by atoms with van der Waals surface area (Å²) in [6.45, 7) is 8.41. The molecule has 0 saturated heterocycles. The summed E-state index contributed by atoms with van der Waals surface area (Å²) in [5.74, 6) is -3.63. The first kappa shape index (κ1) is 64.0. The van der Waals surface area contributed by atoms with Crippen LogP contribution in [0.25, 0.3) is 45.5 Å². The minimum absolute atomic E-state index is 0.0318. The molecular weight excluding hydrogens is 1280 g/mol. The summed E-state index contributed by atoms with van der Waals surface area (Å²) in [7, 11) is 0. The van der Waals surface area contributed by atoms with Gasteiger partial charge in [-0.1, -0.05) is 219 Å². The van der Waals surface area contributed by atoms with Crippen LogP contribution in [0.1, 0.15) is 66.8 Å². The van der Waals surface area contributed by atoms with E-state index in [1.54, 1.807) is 58.4 Å². The smallest absolute Gasteiger partial charge is 0.182 e. The van der Waals surface area contributed by atoms with E-state index in [1.807, 2.05) is 206 Å². The SMILES string of the molecule is C=Cc1ccc(COc2ccc(C3(c4ccc(F)cc4)c4ccccc4-c4ccc(N(c5ccc(-c6ccc(N(c7ccc8c(c7)C(c7ccc(F)cc7)(c7ccc(OCc9ccc(C=C)cc9)cc7)c7ccccc7-8)c7cccc(F)c7F)cc6)cc5)c5cccc(F)c5F)cc43)cc2)cc1. The second kappa shape index (κ2) is 26.5. The molecule has 102 heavy (non-hydrogen) atoms. The van der Waals surface area contributed by atoms with Crippen molar-refractivity contribution in [3.63, 3.8) is 0 Å². The third-order valence-electron chi connectivity index (χ3n) is 19.9. The molecule has 0 radical (unpaired) electrons. The fourth-order valence-electron chi connectivity index (χ4n) is 15.0. The first-order valence-electron chi connectivity index (χ1n) is 33.5. The van der Waals surface area contributed by atoms with Crippen LogP contribution in [0.5, 0.6) is 11.5 Å². The summed E-state index contributed by atoms with van der Waals surface area (Å²) in [5, 5.41) is 0. The summed E-state index contributed by atoms with van der Waals surface area (Å²) in [6, 6.07) is 96.2. The van der Waals surface area contributed by atoms with E-state index in [4.69, 9.17) is 9.47 Å². The van der Waals surface area contributed by atoms with E-state index in [0.717, 1.165) is 112 Å². The number of nitrogens with zero attached hydrogens (tertiary/aromatic N) is 2. The molecule has 2 unspecified atom stereocenters. The largest absolute Gasteiger partial charge is 0.489 e. The van der Waals surface area contributed by atoms with Crippen molar-refractivity contribution < 1.29 is 35.8 Å². The number of halogens is 6. The molecule has 16 rings (SSSR count). The Labute approximate surface area is 587 Å². The standard InChI is InChI=1S/C92H62F6N2O2/c1-3-59-19-23-61(24-20-59)57-101-75-49-35-67(36-50-75)91(65-31-39-69(93)40-32-65)81-13-7-5-11-77(81)79-53-47-73(55-83(79)91)99(87-17-9-15-85(95)89(87)97)71-43-27-63(28-44-71)64-29-45-72(46-30-64)100(88-18-10-16-86(96)90(88)98)74-48-54-80-78-12-6-8-14-82(78)92(84(80)56-74,66-33-41-70(94)42-34-66)68-37-51-76(52-38-68)102-58-62-25-21-60(4-2)22-26-62/h3-56H,1-2,57-58H2. The van der Waals surface area contributed by atoms with Gasteiger partial charge in [0.2, 0.25) is 0 Å². The lowest BCUT2D eigenvalue weighted by molar-refractivity contribution is 0.306. The van der Waals surface area contributed by atoms with Crippen LogP contribution >= 0.6 is 0 Å². The van der Waals surface area contributed by atoms with E-state index >= 15 is 26.3 Å². The van der Waals surface area contributed by atoms with Gasteiger partial charge in [-0.2, -0.15) is 0 Å². The third-order valence-corrected chi connectivity index (χ3v) is 19.9. The van der Waals surface area contributed by atoms with E-state index in [2.05, 4.69) is 37.4 Å². The van der Waals surface area contributed by atoms with Crippen molar-refractivity contribution >= 4 is 46.3 Å². The monoisotopic (exact) mass is 1340 g/mol. The van der Waals surface area contributed by atoms with E-state index in [1.165, 1.54) is 36.4 Å². The second-order valence-electron chi connectivity index (χ2n) is 25.5. The van der Waals surface area contributed by atoms with Gasteiger partial charge in [-0.3, -0.25) is 0 Å². The molecular formula is C92H62F6N2O2. The highest BCUT2D eigenvalue weighted by atomic mass is 19.2. The van der Waals surface area contributed by atoms with Crippen molar-refractivity contribution in [1.29, 1.82) is 0 Å². The number of fused-ring (bicyclic) bond motifs is 6. The number of hydrogen-bond donors (Lipinski definition) is 0. The van der Waals surface area contributed by atoms with Crippen LogP contribution in [0, 0.1) is 34.9 Å². The molecule has 0 aromatic heterocycles. The first-order valence-corrected chi connectivity index (χ1v) is 33.5. The molecule has 494 valence electrons. The van der Waals surface area contributed by atoms with Crippen LogP contribution in [0.15, 0.2) is 329 Å². The van der Waals surface area contributed by atoms with Gasteiger partial charge in [0.25, 0.3) is 0 Å². The van der Waals surface area contributed by atoms with E-state index in [9.17, 15) is 0 Å². The van der Waals surface area contributed by atoms with Crippen LogP contribution in [0.4, 0.5) is 60.5 Å². The van der Waals surface area contributed by atoms with Crippen LogP contribution in [-0.4, -0.2) is 0 Å². The Morgan fingerprint density at radius 1 is 0.304 bits per heavy atom. The molecule has 0 spiro atoms. The van der Waals surface area contributed by atoms with Crippen LogP contribution in [0.2, 0.25) is 0 Å². The van der Waals surface area contributed by atoms with Gasteiger partial charge in [0.1, 0.15) is 36.3 Å². The lowest BCUT2D eigenvalue weighted by Gasteiger charge is -2.35. The average Bonchev–Trinajstić information content (AvgIpc) is 1.54. The van der Waals surface area contributed by atoms with Gasteiger partial charge in [-0.15, -0.1) is 0 Å². The van der Waals surface area contributed by atoms with Gasteiger partial charge in [0, 0.05) is 22.7 Å². The van der Waals surface area contributed by atoms with Crippen LogP contribution in [-0.2, 0) is 24.0 Å². The number of benzene rings is 14. The Hall–Kier alpha value is -12.7. The normalized spacial score (nSPS) is 14.6. The Kier molecular flexibility index (Phi) is 16.7. The fourth-order valence-corrected chi connectivity index (χ4v) is 15.0. The topological polar surface area (TPSA) is 24.9 Å². The van der Waals surface area contributed by atoms with E-state index in [0.29, 0.717) is 47.5 Å². The number of hydrogen-bond acceptors (Lipinski definition) is 4. The zero-order valence-corrected chi connectivity index (χ0v) is 55.0. The lowest BCUT2D eigenvalue weighted by Crippen LogP contribution is -2.29. The average molecular weight is 1340 g/mol. The third kappa shape index (κ3) is 11.2. The molecule has 14 aromatic rings. The van der Waals surface area contributed by atoms with Gasteiger partial charge in [0.15, 0.2) is 23.3 Å². The Morgan fingerprint density at radius 3 is 1.00 bits per heavy atom. The Bertz CT molecular complexity index is 5150. The second-order valence-corrected chi connectivity index (χ2v) is 25.5. The van der Waals surface area contributed by atoms with Gasteiger partial charge < -0.3 is 19.3 Å². The lowest BCUT2D eigenvalue weighted by atomic mass is 9.67. The molecule has 0 saturated carbocycles. The molecule has 0 aliphatic heterocycles. The summed E-state index contributed by atoms with van der Waals surface area (Å²) >= 11 is 0. The summed E-state index contributed by atoms with van der Waals surface area (Å²) in [4.78, 5) is 3.40. The quantitative estimate of drug-likeness (QED) is 0.0754. The zero-order chi connectivity index (χ0) is 69.6. The molecule has 10 heteroatoms. The molecule has 0 N–H and O–H groups in total. The van der Waals surface area contributed by atoms with E-state index < -0.39 is 45.7 Å². The highest BCUT2D eigenvalue weighted by molar-refractivity contribution is 5.92. The van der Waals surface area contributed by atoms with Crippen molar-refractivity contribution in [2.75, 3.05) is 9.80 Å². The molecule has 4 nitrogen and oxygen atoms in total. The maximum atomic E-state index is 16.7. The predicted octanol–water partition coefficient (Wildman–Crippen LogP) is 24.3. The van der Waals surface area contributed by atoms with Gasteiger partial charge >= 0.3 is 0 Å². The number of anilines is 6. The van der Waals surface area contributed by atoms with E-state index in [-0.39, 0.29) is 11.4 Å². The summed E-state index contributed by atoms with van der Waals surface area (Å²) in [6.07, 6.45) is 3.59. The van der Waals surface area contributed by atoms with Crippen molar-refractivity contribution in [3.05, 3.63) is 430 Å². The Morgan fingerprint density at radius 2 is 0.637 bits per heavy atom. The van der Waals surface area contributed by atoms with Crippen LogP contribution in [0.3, 0.4) is 0 Å². The molecule has 0 heterocycles. The maximum absolute atomic E-state index is 16.7. The van der Waals surface area contributed by atoms with Crippen LogP contribution < -0.4 is 19.3 Å². The van der Waals surface area contributed by atoms with Gasteiger partial charge in [-0.05, 0) is 221 Å². The van der Waals surface area contributed by atoms with Crippen molar-refractivity contribution in [1.82, 2.24) is 0 Å². The van der Waals surface area contributed by atoms with Crippen molar-refractivity contribution in [3.8, 4) is 44.9 Å². The minimum atomic E-state index is -1.05. The molecule has 2 aliphatic rings. The van der Waals surface area contributed by atoms with Gasteiger partial charge in [0.05, 0.1) is 22.2 Å². The van der Waals surface area contributed by atoms with Crippen molar-refractivity contribution in [2.24, 2.45) is 0 Å². The molecule has 14 aromatic carbocycles. The highest BCUT2D eigenvalue weighted by Crippen LogP contribution is 2.60. The van der Waals surface area contributed by atoms with Gasteiger partial charge in [-0.25, -0.2) is 26.3 Å². The summed E-state index contributed by atoms with van der Waals surface area (Å²) < 4.78 is 108. The molecule has 2 aliphatic carbocycles. The number of rotatable bonds is 19. The van der Waals surface area contributed by atoms with Crippen molar-refractivity contribution in [2.45, 2.75) is 24.0 Å². The molecule has 0 amide bonds. The zero-order valence-electron chi connectivity index (χ0n) is 55.0. The minimum Gasteiger partial charge on any atom is -0.489 e. The predicted molar refractivity (Wildman–Crippen MR) is 397 cm³/mol. The first-order chi connectivity index (χ1) is 49.9. The highest BCUT2D eigenvalue weighted by Gasteiger charge is 2.48. The fraction of sp³-hybridized carbons (Fsp3) is 0.0435. The number of ether oxygens (including phenoxy) is 2. The Balaban J connectivity index is 0.765. The summed E-state index contributed by atoms with van der Waals surface area (Å²) in [5.41, 5.74) is 16.2. The molecule has 0 fully saturated rings. The molecule has 2 atom stereocenters. The molecule has 0 bridgehead atoms. The maximum Gasteiger partial charge on any atom is 0.182 e.